The molecule has 192 valence electrons. The summed E-state index contributed by atoms with van der Waals surface area (Å²) in [5.74, 6) is 0.0313. The molecule has 2 aliphatic rings. The van der Waals surface area contributed by atoms with E-state index in [1.165, 1.54) is 34.0 Å². The SMILES string of the molecule is C=CC(=O)N1CC2(CC(n3nc(-c4ccc5c(cnn5C)c4)c(-c4c(C)c(C)cc5[nH]ncc45)c3C)C2)C1. The maximum Gasteiger partial charge on any atom is 0.245 e. The average Bonchev–Trinajstić information content (AvgIpc) is 3.56. The molecule has 5 aromatic rings. The molecular formula is C30H31N7O. The van der Waals surface area contributed by atoms with Crippen LogP contribution < -0.4 is 0 Å². The highest BCUT2D eigenvalue weighted by Gasteiger charge is 2.54. The second kappa shape index (κ2) is 7.90. The van der Waals surface area contributed by atoms with Crippen LogP contribution >= 0.6 is 0 Å². The molecule has 8 heteroatoms. The number of H-pyrrole nitrogens is 1. The molecule has 1 spiro atoms. The lowest BCUT2D eigenvalue weighted by atomic mass is 9.60. The Morgan fingerprint density at radius 1 is 1.13 bits per heavy atom. The Kier molecular flexibility index (Phi) is 4.77. The van der Waals surface area contributed by atoms with E-state index in [-0.39, 0.29) is 11.3 Å². The van der Waals surface area contributed by atoms with Crippen molar-refractivity contribution in [3.05, 3.63) is 66.1 Å². The van der Waals surface area contributed by atoms with E-state index < -0.39 is 0 Å². The van der Waals surface area contributed by atoms with Crippen LogP contribution in [0.15, 0.2) is 49.3 Å². The van der Waals surface area contributed by atoms with Crippen LogP contribution in [0, 0.1) is 26.2 Å². The van der Waals surface area contributed by atoms with E-state index in [0.29, 0.717) is 6.04 Å². The lowest BCUT2D eigenvalue weighted by Crippen LogP contribution is -2.63. The van der Waals surface area contributed by atoms with Gasteiger partial charge in [0, 0.05) is 53.1 Å². The summed E-state index contributed by atoms with van der Waals surface area (Å²) >= 11 is 0. The van der Waals surface area contributed by atoms with Gasteiger partial charge in [0.15, 0.2) is 0 Å². The normalized spacial score (nSPS) is 16.8. The molecule has 2 fully saturated rings. The van der Waals surface area contributed by atoms with Crippen LogP contribution in [0.5, 0.6) is 0 Å². The molecule has 3 aromatic heterocycles. The predicted molar refractivity (Wildman–Crippen MR) is 149 cm³/mol. The van der Waals surface area contributed by atoms with E-state index in [1.54, 1.807) is 0 Å². The van der Waals surface area contributed by atoms with Crippen molar-refractivity contribution in [2.75, 3.05) is 13.1 Å². The van der Waals surface area contributed by atoms with E-state index in [0.717, 1.165) is 59.0 Å². The Balaban J connectivity index is 1.36. The van der Waals surface area contributed by atoms with Gasteiger partial charge in [-0.05, 0) is 74.6 Å². The molecule has 0 atom stereocenters. The summed E-state index contributed by atoms with van der Waals surface area (Å²) in [5, 5.41) is 19.5. The number of aromatic amines is 1. The molecule has 0 bridgehead atoms. The Morgan fingerprint density at radius 3 is 2.68 bits per heavy atom. The van der Waals surface area contributed by atoms with E-state index in [1.807, 2.05) is 29.0 Å². The fraction of sp³-hybridized carbons (Fsp3) is 0.333. The molecule has 38 heavy (non-hydrogen) atoms. The van der Waals surface area contributed by atoms with E-state index in [2.05, 4.69) is 71.6 Å². The van der Waals surface area contributed by atoms with Crippen LogP contribution in [0.25, 0.3) is 44.2 Å². The lowest BCUT2D eigenvalue weighted by Gasteiger charge is -2.58. The summed E-state index contributed by atoms with van der Waals surface area (Å²) in [5.41, 5.74) is 10.4. The van der Waals surface area contributed by atoms with Gasteiger partial charge in [-0.15, -0.1) is 0 Å². The number of amides is 1. The highest BCUT2D eigenvalue weighted by Crippen LogP contribution is 2.55. The number of carbonyl (C=O) groups excluding carboxylic acids is 1. The zero-order valence-electron chi connectivity index (χ0n) is 22.2. The molecule has 1 saturated heterocycles. The summed E-state index contributed by atoms with van der Waals surface area (Å²) in [6, 6.07) is 8.97. The van der Waals surface area contributed by atoms with Gasteiger partial charge in [-0.25, -0.2) is 0 Å². The molecule has 7 rings (SSSR count). The number of nitrogens with one attached hydrogen (secondary N) is 1. The molecule has 1 saturated carbocycles. The Hall–Kier alpha value is -4.20. The molecule has 4 heterocycles. The lowest BCUT2D eigenvalue weighted by molar-refractivity contribution is -0.149. The van der Waals surface area contributed by atoms with Gasteiger partial charge in [-0.3, -0.25) is 19.3 Å². The van der Waals surface area contributed by atoms with Crippen LogP contribution in [0.4, 0.5) is 0 Å². The molecule has 0 radical (unpaired) electrons. The fourth-order valence-electron chi connectivity index (χ4n) is 6.76. The first kappa shape index (κ1) is 23.0. The van der Waals surface area contributed by atoms with Gasteiger partial charge in [0.05, 0.1) is 29.5 Å². The van der Waals surface area contributed by atoms with Crippen LogP contribution in [0.3, 0.4) is 0 Å². The summed E-state index contributed by atoms with van der Waals surface area (Å²) in [4.78, 5) is 13.9. The molecule has 2 aromatic carbocycles. The van der Waals surface area contributed by atoms with Gasteiger partial charge in [0.1, 0.15) is 5.69 Å². The first-order valence-corrected chi connectivity index (χ1v) is 13.1. The van der Waals surface area contributed by atoms with Gasteiger partial charge in [0.2, 0.25) is 5.91 Å². The minimum absolute atomic E-state index is 0.0313. The first-order chi connectivity index (χ1) is 18.3. The summed E-state index contributed by atoms with van der Waals surface area (Å²) in [6.45, 7) is 11.8. The van der Waals surface area contributed by atoms with E-state index in [4.69, 9.17) is 5.10 Å². The molecule has 1 amide bonds. The van der Waals surface area contributed by atoms with Crippen molar-refractivity contribution in [1.29, 1.82) is 0 Å². The largest absolute Gasteiger partial charge is 0.338 e. The number of rotatable bonds is 4. The number of aromatic nitrogens is 6. The Morgan fingerprint density at radius 2 is 1.92 bits per heavy atom. The summed E-state index contributed by atoms with van der Waals surface area (Å²) < 4.78 is 4.14. The maximum atomic E-state index is 12.0. The highest BCUT2D eigenvalue weighted by atomic mass is 16.2. The number of hydrogen-bond donors (Lipinski definition) is 1. The molecule has 1 N–H and O–H groups in total. The first-order valence-electron chi connectivity index (χ1n) is 13.1. The Bertz CT molecular complexity index is 1770. The van der Waals surface area contributed by atoms with E-state index >= 15 is 0 Å². The van der Waals surface area contributed by atoms with Gasteiger partial charge < -0.3 is 4.90 Å². The third-order valence-corrected chi connectivity index (χ3v) is 8.91. The van der Waals surface area contributed by atoms with Crippen LogP contribution in [0.2, 0.25) is 0 Å². The number of fused-ring (bicyclic) bond motifs is 2. The number of carbonyl (C=O) groups is 1. The smallest absolute Gasteiger partial charge is 0.245 e. The highest BCUT2D eigenvalue weighted by molar-refractivity contribution is 6.02. The minimum atomic E-state index is 0.0313. The standard InChI is InChI=1S/C30H31N7O/c1-6-26(38)36-15-30(16-36)11-22(12-30)37-19(4)28(27-18(3)17(2)9-24-23(27)14-31-33-24)29(34-37)20-7-8-25-21(10-20)13-32-35(25)5/h6-10,13-14,22H,1,11-12,15-16H2,2-5H3,(H,31,33). The fourth-order valence-corrected chi connectivity index (χ4v) is 6.76. The summed E-state index contributed by atoms with van der Waals surface area (Å²) in [7, 11) is 1.97. The molecule has 1 aliphatic heterocycles. The zero-order valence-corrected chi connectivity index (χ0v) is 22.2. The number of nitrogens with zero attached hydrogens (tertiary/aromatic N) is 6. The third-order valence-electron chi connectivity index (χ3n) is 8.91. The van der Waals surface area contributed by atoms with Crippen molar-refractivity contribution < 1.29 is 4.79 Å². The zero-order chi connectivity index (χ0) is 26.3. The van der Waals surface area contributed by atoms with Crippen molar-refractivity contribution in [2.45, 2.75) is 39.7 Å². The minimum Gasteiger partial charge on any atom is -0.338 e. The molecule has 1 aliphatic carbocycles. The number of benzene rings is 2. The van der Waals surface area contributed by atoms with Crippen molar-refractivity contribution in [2.24, 2.45) is 12.5 Å². The quantitative estimate of drug-likeness (QED) is 0.338. The second-order valence-electron chi connectivity index (χ2n) is 11.3. The van der Waals surface area contributed by atoms with Gasteiger partial charge >= 0.3 is 0 Å². The van der Waals surface area contributed by atoms with Crippen LogP contribution in [-0.4, -0.2) is 53.7 Å². The maximum absolute atomic E-state index is 12.0. The van der Waals surface area contributed by atoms with Gasteiger partial charge in [-0.1, -0.05) is 12.6 Å². The Labute approximate surface area is 220 Å². The topological polar surface area (TPSA) is 84.6 Å². The van der Waals surface area contributed by atoms with Crippen LogP contribution in [0.1, 0.15) is 35.7 Å². The van der Waals surface area contributed by atoms with Gasteiger partial charge in [-0.2, -0.15) is 15.3 Å². The van der Waals surface area contributed by atoms with Crippen molar-refractivity contribution in [1.82, 2.24) is 34.7 Å². The van der Waals surface area contributed by atoms with Crippen LogP contribution in [-0.2, 0) is 11.8 Å². The third kappa shape index (κ3) is 3.15. The van der Waals surface area contributed by atoms with Crippen molar-refractivity contribution in [3.63, 3.8) is 0 Å². The number of likely N-dealkylation sites (tertiary alicyclic amines) is 1. The second-order valence-corrected chi connectivity index (χ2v) is 11.3. The van der Waals surface area contributed by atoms with Crippen molar-refractivity contribution in [3.8, 4) is 22.4 Å². The molecule has 8 nitrogen and oxygen atoms in total. The summed E-state index contributed by atoms with van der Waals surface area (Å²) in [6.07, 6.45) is 7.33. The number of aryl methyl sites for hydroxylation is 2. The number of hydrogen-bond acceptors (Lipinski definition) is 4. The predicted octanol–water partition coefficient (Wildman–Crippen LogP) is 5.25. The van der Waals surface area contributed by atoms with Crippen molar-refractivity contribution >= 4 is 27.7 Å². The molecular weight excluding hydrogens is 474 g/mol. The monoisotopic (exact) mass is 505 g/mol. The average molecular weight is 506 g/mol. The molecule has 0 unspecified atom stereocenters. The van der Waals surface area contributed by atoms with Gasteiger partial charge in [0.25, 0.3) is 0 Å². The van der Waals surface area contributed by atoms with E-state index in [9.17, 15) is 4.79 Å².